The van der Waals surface area contributed by atoms with Crippen LogP contribution in [0, 0.1) is 0 Å². The highest BCUT2D eigenvalue weighted by atomic mass is 32.2. The number of hydrogen-bond acceptors (Lipinski definition) is 4. The van der Waals surface area contributed by atoms with Crippen molar-refractivity contribution in [1.82, 2.24) is 0 Å². The standard InChI is InChI=1S/C15H11O5S/c16-9-20-15(21(17,18)19)13-7-3-6-12-11-5-2-1-4-10(11)8-14(12)13/h1-7,15H,8H2,(H,17,18,19). The maximum absolute atomic E-state index is 11.4. The van der Waals surface area contributed by atoms with Gasteiger partial charge in [-0.15, -0.1) is 0 Å². The van der Waals surface area contributed by atoms with Crippen LogP contribution >= 0.6 is 0 Å². The summed E-state index contributed by atoms with van der Waals surface area (Å²) in [4.78, 5) is 10.4. The zero-order valence-corrected chi connectivity index (χ0v) is 11.6. The maximum atomic E-state index is 11.4. The summed E-state index contributed by atoms with van der Waals surface area (Å²) >= 11 is 0. The van der Waals surface area contributed by atoms with E-state index < -0.39 is 15.6 Å². The molecule has 1 aliphatic carbocycles. The molecule has 1 N–H and O–H groups in total. The summed E-state index contributed by atoms with van der Waals surface area (Å²) < 4.78 is 36.6. The molecule has 5 nitrogen and oxygen atoms in total. The van der Waals surface area contributed by atoms with Gasteiger partial charge in [-0.05, 0) is 28.7 Å². The quantitative estimate of drug-likeness (QED) is 0.747. The SMILES string of the molecule is O=[C]OC(c1cccc2c1Cc1ccccc1-2)S(=O)(=O)O. The van der Waals surface area contributed by atoms with Gasteiger partial charge in [0.1, 0.15) is 0 Å². The van der Waals surface area contributed by atoms with E-state index in [4.69, 9.17) is 0 Å². The van der Waals surface area contributed by atoms with Crippen LogP contribution in [0.1, 0.15) is 22.1 Å². The predicted octanol–water partition coefficient (Wildman–Crippen LogP) is 2.23. The van der Waals surface area contributed by atoms with Gasteiger partial charge < -0.3 is 4.74 Å². The van der Waals surface area contributed by atoms with Gasteiger partial charge in [0.2, 0.25) is 0 Å². The largest absolute Gasteiger partial charge is 0.430 e. The second kappa shape index (κ2) is 4.98. The van der Waals surface area contributed by atoms with Crippen molar-refractivity contribution in [1.29, 1.82) is 0 Å². The van der Waals surface area contributed by atoms with Crippen LogP contribution in [0.2, 0.25) is 0 Å². The molecule has 107 valence electrons. The van der Waals surface area contributed by atoms with E-state index in [1.54, 1.807) is 6.07 Å². The predicted molar refractivity (Wildman–Crippen MR) is 75.8 cm³/mol. The number of fused-ring (bicyclic) bond motifs is 3. The molecule has 1 radical (unpaired) electrons. The van der Waals surface area contributed by atoms with E-state index in [1.165, 1.54) is 6.07 Å². The highest BCUT2D eigenvalue weighted by Crippen LogP contribution is 2.41. The Labute approximate surface area is 121 Å². The number of rotatable bonds is 4. The number of ether oxygens (including phenoxy) is 1. The van der Waals surface area contributed by atoms with E-state index in [0.29, 0.717) is 6.42 Å². The van der Waals surface area contributed by atoms with Crippen molar-refractivity contribution in [2.45, 2.75) is 11.9 Å². The molecule has 2 aromatic rings. The highest BCUT2D eigenvalue weighted by Gasteiger charge is 2.32. The summed E-state index contributed by atoms with van der Waals surface area (Å²) in [5, 5.41) is 0. The van der Waals surface area contributed by atoms with Crippen LogP contribution in [0.3, 0.4) is 0 Å². The molecule has 0 saturated carbocycles. The van der Waals surface area contributed by atoms with Crippen LogP contribution in [-0.2, 0) is 26.1 Å². The van der Waals surface area contributed by atoms with E-state index >= 15 is 0 Å². The third-order valence-electron chi connectivity index (χ3n) is 3.57. The minimum Gasteiger partial charge on any atom is -0.430 e. The van der Waals surface area contributed by atoms with Crippen LogP contribution in [0.5, 0.6) is 0 Å². The Morgan fingerprint density at radius 2 is 1.81 bits per heavy atom. The summed E-state index contributed by atoms with van der Waals surface area (Å²) in [6, 6.07) is 12.8. The van der Waals surface area contributed by atoms with Gasteiger partial charge in [0.15, 0.2) is 0 Å². The molecule has 0 bridgehead atoms. The molecule has 0 aromatic heterocycles. The fourth-order valence-electron chi connectivity index (χ4n) is 2.73. The van der Waals surface area contributed by atoms with Gasteiger partial charge in [-0.2, -0.15) is 8.42 Å². The molecule has 0 spiro atoms. The molecule has 0 saturated heterocycles. The third kappa shape index (κ3) is 2.32. The minimum absolute atomic E-state index is 0.259. The smallest absolute Gasteiger partial charge is 0.419 e. The zero-order valence-electron chi connectivity index (χ0n) is 10.8. The molecule has 3 rings (SSSR count). The van der Waals surface area contributed by atoms with Gasteiger partial charge in [-0.25, -0.2) is 4.79 Å². The van der Waals surface area contributed by atoms with E-state index in [0.717, 1.165) is 28.7 Å². The van der Waals surface area contributed by atoms with Crippen molar-refractivity contribution >= 4 is 16.6 Å². The second-order valence-electron chi connectivity index (χ2n) is 4.76. The second-order valence-corrected chi connectivity index (χ2v) is 6.21. The van der Waals surface area contributed by atoms with Gasteiger partial charge in [0.25, 0.3) is 5.44 Å². The normalized spacial score (nSPS) is 14.1. The van der Waals surface area contributed by atoms with Crippen molar-refractivity contribution in [2.75, 3.05) is 0 Å². The Morgan fingerprint density at radius 1 is 1.10 bits per heavy atom. The van der Waals surface area contributed by atoms with E-state index in [1.807, 2.05) is 30.3 Å². The maximum Gasteiger partial charge on any atom is 0.419 e. The molecule has 21 heavy (non-hydrogen) atoms. The lowest BCUT2D eigenvalue weighted by Gasteiger charge is -2.15. The molecule has 0 fully saturated rings. The fourth-order valence-corrected chi connectivity index (χ4v) is 3.43. The lowest BCUT2D eigenvalue weighted by Crippen LogP contribution is -2.16. The topological polar surface area (TPSA) is 80.7 Å². The summed E-state index contributed by atoms with van der Waals surface area (Å²) in [5.74, 6) is 0. The number of benzene rings is 2. The Hall–Kier alpha value is -2.18. The van der Waals surface area contributed by atoms with Crippen molar-refractivity contribution in [3.63, 3.8) is 0 Å². The van der Waals surface area contributed by atoms with Gasteiger partial charge in [0.05, 0.1) is 0 Å². The highest BCUT2D eigenvalue weighted by molar-refractivity contribution is 7.85. The van der Waals surface area contributed by atoms with Crippen LogP contribution in [-0.4, -0.2) is 19.4 Å². The van der Waals surface area contributed by atoms with Crippen molar-refractivity contribution < 1.29 is 22.5 Å². The first kappa shape index (κ1) is 13.8. The molecule has 0 aliphatic heterocycles. The Balaban J connectivity index is 2.18. The van der Waals surface area contributed by atoms with Crippen molar-refractivity contribution in [2.24, 2.45) is 0 Å². The monoisotopic (exact) mass is 303 g/mol. The van der Waals surface area contributed by atoms with Gasteiger partial charge >= 0.3 is 16.6 Å². The van der Waals surface area contributed by atoms with Crippen LogP contribution in [0.4, 0.5) is 0 Å². The summed E-state index contributed by atoms with van der Waals surface area (Å²) in [6.45, 7) is 1.10. The molecule has 1 unspecified atom stereocenters. The van der Waals surface area contributed by atoms with Crippen molar-refractivity contribution in [3.05, 3.63) is 59.2 Å². The molecule has 2 aromatic carbocycles. The van der Waals surface area contributed by atoms with E-state index in [-0.39, 0.29) is 5.56 Å². The Kier molecular flexibility index (Phi) is 3.27. The molecule has 0 heterocycles. The van der Waals surface area contributed by atoms with E-state index in [2.05, 4.69) is 4.74 Å². The summed E-state index contributed by atoms with van der Waals surface area (Å²) in [5.41, 5.74) is 2.19. The molecular formula is C15H11O5S. The average Bonchev–Trinajstić information content (AvgIpc) is 2.82. The Bertz CT molecular complexity index is 811. The number of carbonyl (C=O) groups excluding carboxylic acids is 1. The zero-order chi connectivity index (χ0) is 15.0. The van der Waals surface area contributed by atoms with Crippen LogP contribution in [0.25, 0.3) is 11.1 Å². The average molecular weight is 303 g/mol. The first-order valence-electron chi connectivity index (χ1n) is 6.21. The number of hydrogen-bond donors (Lipinski definition) is 1. The van der Waals surface area contributed by atoms with E-state index in [9.17, 15) is 17.8 Å². The van der Waals surface area contributed by atoms with Gasteiger partial charge in [-0.1, -0.05) is 42.5 Å². The fraction of sp³-hybridized carbons (Fsp3) is 0.133. The van der Waals surface area contributed by atoms with Crippen molar-refractivity contribution in [3.8, 4) is 11.1 Å². The van der Waals surface area contributed by atoms with Gasteiger partial charge in [-0.3, -0.25) is 4.55 Å². The molecule has 0 amide bonds. The lowest BCUT2D eigenvalue weighted by atomic mass is 10.0. The van der Waals surface area contributed by atoms with Crippen LogP contribution in [0.15, 0.2) is 42.5 Å². The first-order valence-corrected chi connectivity index (χ1v) is 7.72. The molecule has 1 atom stereocenters. The molecule has 6 heteroatoms. The summed E-state index contributed by atoms with van der Waals surface area (Å²) in [6.07, 6.45) is 0.524. The molecule has 1 aliphatic rings. The molecular weight excluding hydrogens is 292 g/mol. The Morgan fingerprint density at radius 3 is 2.52 bits per heavy atom. The minimum atomic E-state index is -4.57. The first-order chi connectivity index (χ1) is 10.0. The summed E-state index contributed by atoms with van der Waals surface area (Å²) in [7, 11) is -4.57. The van der Waals surface area contributed by atoms with Gasteiger partial charge in [0, 0.05) is 5.56 Å². The van der Waals surface area contributed by atoms with Crippen LogP contribution < -0.4 is 0 Å². The lowest BCUT2D eigenvalue weighted by molar-refractivity contribution is 0.231. The third-order valence-corrected chi connectivity index (χ3v) is 4.46.